The molecule has 5 nitrogen and oxygen atoms in total. The minimum absolute atomic E-state index is 0.00839. The first kappa shape index (κ1) is 14.5. The summed E-state index contributed by atoms with van der Waals surface area (Å²) in [6.45, 7) is 6.96. The fourth-order valence-electron chi connectivity index (χ4n) is 3.19. The van der Waals surface area contributed by atoms with Crippen LogP contribution >= 0.6 is 0 Å². The van der Waals surface area contributed by atoms with E-state index < -0.39 is 5.60 Å². The van der Waals surface area contributed by atoms with Crippen LogP contribution in [0.5, 0.6) is 0 Å². The van der Waals surface area contributed by atoms with Gasteiger partial charge in [-0.1, -0.05) is 0 Å². The molecule has 21 heavy (non-hydrogen) atoms. The summed E-state index contributed by atoms with van der Waals surface area (Å²) in [6, 6.07) is 0. The lowest BCUT2D eigenvalue weighted by atomic mass is 9.95. The van der Waals surface area contributed by atoms with Gasteiger partial charge in [-0.05, 0) is 56.3 Å². The number of amides is 1. The van der Waals surface area contributed by atoms with E-state index in [9.17, 15) is 4.79 Å². The number of pyridine rings is 1. The van der Waals surface area contributed by atoms with Crippen molar-refractivity contribution in [2.75, 3.05) is 13.2 Å². The second kappa shape index (κ2) is 5.73. The molecule has 1 aromatic heterocycles. The molecule has 5 heteroatoms. The summed E-state index contributed by atoms with van der Waals surface area (Å²) in [5.74, 6) is -0.00839. The molecule has 3 heterocycles. The van der Waals surface area contributed by atoms with Crippen LogP contribution in [0.15, 0.2) is 6.20 Å². The molecule has 0 spiro atoms. The maximum absolute atomic E-state index is 12.4. The monoisotopic (exact) mass is 289 g/mol. The summed E-state index contributed by atoms with van der Waals surface area (Å²) in [7, 11) is 0. The summed E-state index contributed by atoms with van der Waals surface area (Å²) < 4.78 is 5.60. The Bertz CT molecular complexity index is 551. The number of aryl methyl sites for hydroxylation is 1. The zero-order valence-corrected chi connectivity index (χ0v) is 12.8. The van der Waals surface area contributed by atoms with Crippen molar-refractivity contribution in [1.82, 2.24) is 15.6 Å². The first-order chi connectivity index (χ1) is 10.1. The van der Waals surface area contributed by atoms with Gasteiger partial charge >= 0.3 is 0 Å². The van der Waals surface area contributed by atoms with Crippen molar-refractivity contribution in [1.29, 1.82) is 0 Å². The third-order valence-corrected chi connectivity index (χ3v) is 4.59. The van der Waals surface area contributed by atoms with Gasteiger partial charge in [0.25, 0.3) is 5.91 Å². The highest BCUT2D eigenvalue weighted by molar-refractivity contribution is 5.85. The molecule has 1 aromatic rings. The summed E-state index contributed by atoms with van der Waals surface area (Å²) in [5.41, 5.74) is 4.12. The Labute approximate surface area is 125 Å². The van der Waals surface area contributed by atoms with Gasteiger partial charge in [0.1, 0.15) is 5.60 Å². The maximum atomic E-state index is 12.4. The third kappa shape index (κ3) is 2.80. The van der Waals surface area contributed by atoms with Crippen molar-refractivity contribution in [3.8, 4) is 0 Å². The smallest absolute Gasteiger partial charge is 0.252 e. The van der Waals surface area contributed by atoms with E-state index in [1.165, 1.54) is 16.7 Å². The van der Waals surface area contributed by atoms with Crippen LogP contribution in [-0.2, 0) is 29.0 Å². The van der Waals surface area contributed by atoms with Crippen LogP contribution < -0.4 is 10.6 Å². The quantitative estimate of drug-likeness (QED) is 0.878. The molecule has 0 radical (unpaired) electrons. The summed E-state index contributed by atoms with van der Waals surface area (Å²) in [6.07, 6.45) is 4.70. The average Bonchev–Trinajstić information content (AvgIpc) is 2.94. The van der Waals surface area contributed by atoms with Crippen LogP contribution in [0.2, 0.25) is 0 Å². The fraction of sp³-hybridized carbons (Fsp3) is 0.625. The van der Waals surface area contributed by atoms with Crippen LogP contribution in [0.1, 0.15) is 42.1 Å². The normalized spacial score (nSPS) is 24.7. The number of carbonyl (C=O) groups is 1. The second-order valence-corrected chi connectivity index (χ2v) is 6.12. The Morgan fingerprint density at radius 2 is 2.43 bits per heavy atom. The molecule has 0 aromatic carbocycles. The Morgan fingerprint density at radius 1 is 1.57 bits per heavy atom. The molecule has 114 valence electrons. The van der Waals surface area contributed by atoms with E-state index in [0.717, 1.165) is 38.0 Å². The van der Waals surface area contributed by atoms with E-state index in [1.807, 2.05) is 20.0 Å². The van der Waals surface area contributed by atoms with Crippen molar-refractivity contribution >= 4 is 5.91 Å². The Kier molecular flexibility index (Phi) is 3.95. The van der Waals surface area contributed by atoms with Crippen LogP contribution in [0.3, 0.4) is 0 Å². The zero-order chi connectivity index (χ0) is 14.9. The van der Waals surface area contributed by atoms with Crippen molar-refractivity contribution < 1.29 is 9.53 Å². The van der Waals surface area contributed by atoms with Gasteiger partial charge in [0, 0.05) is 31.6 Å². The van der Waals surface area contributed by atoms with Crippen molar-refractivity contribution in [3.05, 3.63) is 28.6 Å². The fourth-order valence-corrected chi connectivity index (χ4v) is 3.19. The SMILES string of the molecule is Cc1ncc2c(c1CNC(=O)[C@]1(C)CCCO1)CCNC2. The molecule has 1 atom stereocenters. The number of nitrogens with one attached hydrogen (secondary N) is 2. The topological polar surface area (TPSA) is 63.2 Å². The Hall–Kier alpha value is -1.46. The highest BCUT2D eigenvalue weighted by Crippen LogP contribution is 2.26. The largest absolute Gasteiger partial charge is 0.365 e. The highest BCUT2D eigenvalue weighted by atomic mass is 16.5. The predicted molar refractivity (Wildman–Crippen MR) is 79.8 cm³/mol. The molecular weight excluding hydrogens is 266 g/mol. The molecule has 0 unspecified atom stereocenters. The Morgan fingerprint density at radius 3 is 3.19 bits per heavy atom. The Balaban J connectivity index is 1.74. The molecule has 0 saturated carbocycles. The van der Waals surface area contributed by atoms with E-state index in [1.54, 1.807) is 0 Å². The number of rotatable bonds is 3. The van der Waals surface area contributed by atoms with Gasteiger partial charge in [0.05, 0.1) is 0 Å². The van der Waals surface area contributed by atoms with Crippen molar-refractivity contribution in [3.63, 3.8) is 0 Å². The number of carbonyl (C=O) groups excluding carboxylic acids is 1. The minimum Gasteiger partial charge on any atom is -0.365 e. The van der Waals surface area contributed by atoms with Gasteiger partial charge in [-0.25, -0.2) is 0 Å². The standard InChI is InChI=1S/C16H23N3O2/c1-11-14(13-4-6-17-8-12(13)9-18-11)10-19-15(20)16(2)5-3-7-21-16/h9,17H,3-8,10H2,1-2H3,(H,19,20)/t16-/m0/s1. The number of ether oxygens (including phenoxy) is 1. The molecule has 3 rings (SSSR count). The van der Waals surface area contributed by atoms with Crippen molar-refractivity contribution in [2.45, 2.75) is 51.8 Å². The molecule has 1 amide bonds. The minimum atomic E-state index is -0.655. The van der Waals surface area contributed by atoms with Gasteiger partial charge < -0.3 is 15.4 Å². The lowest BCUT2D eigenvalue weighted by molar-refractivity contribution is -0.139. The summed E-state index contributed by atoms with van der Waals surface area (Å²) >= 11 is 0. The predicted octanol–water partition coefficient (Wildman–Crippen LogP) is 1.22. The molecule has 0 aliphatic carbocycles. The van der Waals surface area contributed by atoms with E-state index in [-0.39, 0.29) is 5.91 Å². The second-order valence-electron chi connectivity index (χ2n) is 6.12. The number of nitrogens with zero attached hydrogens (tertiary/aromatic N) is 1. The van der Waals surface area contributed by atoms with Gasteiger partial charge in [-0.3, -0.25) is 9.78 Å². The number of hydrogen-bond donors (Lipinski definition) is 2. The number of fused-ring (bicyclic) bond motifs is 1. The summed E-state index contributed by atoms with van der Waals surface area (Å²) in [5, 5.41) is 6.40. The van der Waals surface area contributed by atoms with E-state index in [2.05, 4.69) is 15.6 Å². The molecule has 0 bridgehead atoms. The third-order valence-electron chi connectivity index (χ3n) is 4.59. The molecule has 2 aliphatic heterocycles. The molecule has 2 N–H and O–H groups in total. The highest BCUT2D eigenvalue weighted by Gasteiger charge is 2.37. The number of hydrogen-bond acceptors (Lipinski definition) is 4. The van der Waals surface area contributed by atoms with E-state index in [4.69, 9.17) is 4.74 Å². The van der Waals surface area contributed by atoms with Crippen LogP contribution in [-0.4, -0.2) is 29.6 Å². The van der Waals surface area contributed by atoms with Gasteiger partial charge in [0.2, 0.25) is 0 Å². The molecule has 2 aliphatic rings. The van der Waals surface area contributed by atoms with E-state index in [0.29, 0.717) is 13.2 Å². The van der Waals surface area contributed by atoms with Crippen molar-refractivity contribution in [2.24, 2.45) is 0 Å². The first-order valence-corrected chi connectivity index (χ1v) is 7.69. The zero-order valence-electron chi connectivity index (χ0n) is 12.8. The van der Waals surface area contributed by atoms with Crippen LogP contribution in [0.4, 0.5) is 0 Å². The van der Waals surface area contributed by atoms with Crippen LogP contribution in [0.25, 0.3) is 0 Å². The maximum Gasteiger partial charge on any atom is 0.252 e. The van der Waals surface area contributed by atoms with E-state index >= 15 is 0 Å². The molecule has 1 saturated heterocycles. The lowest BCUT2D eigenvalue weighted by Crippen LogP contribution is -2.44. The van der Waals surface area contributed by atoms with Crippen LogP contribution in [0, 0.1) is 6.92 Å². The lowest BCUT2D eigenvalue weighted by Gasteiger charge is -2.24. The van der Waals surface area contributed by atoms with Gasteiger partial charge in [-0.15, -0.1) is 0 Å². The van der Waals surface area contributed by atoms with Gasteiger partial charge in [-0.2, -0.15) is 0 Å². The first-order valence-electron chi connectivity index (χ1n) is 7.69. The molecule has 1 fully saturated rings. The molecular formula is C16H23N3O2. The number of aromatic nitrogens is 1. The average molecular weight is 289 g/mol. The summed E-state index contributed by atoms with van der Waals surface area (Å²) in [4.78, 5) is 16.8. The van der Waals surface area contributed by atoms with Gasteiger partial charge in [0.15, 0.2) is 0 Å².